The molecule has 5 nitrogen and oxygen atoms in total. The Labute approximate surface area is 119 Å². The van der Waals surface area contributed by atoms with Gasteiger partial charge in [-0.1, -0.05) is 0 Å². The van der Waals surface area contributed by atoms with Crippen LogP contribution in [0.3, 0.4) is 0 Å². The van der Waals surface area contributed by atoms with Crippen molar-refractivity contribution in [2.24, 2.45) is 0 Å². The predicted molar refractivity (Wildman–Crippen MR) is 78.3 cm³/mol. The molecular weight excluding hydrogens is 308 g/mol. The van der Waals surface area contributed by atoms with Crippen molar-refractivity contribution in [1.29, 1.82) is 0 Å². The topological polar surface area (TPSA) is 66.9 Å². The van der Waals surface area contributed by atoms with Crippen molar-refractivity contribution in [1.82, 2.24) is 9.97 Å². The molecule has 98 valence electrons. The van der Waals surface area contributed by atoms with Crippen molar-refractivity contribution in [2.45, 2.75) is 6.92 Å². The average molecular weight is 321 g/mol. The molecule has 1 amide bonds. The van der Waals surface area contributed by atoms with Crippen LogP contribution in [0.15, 0.2) is 41.3 Å². The average Bonchev–Trinajstić information content (AvgIpc) is 2.42. The molecule has 0 aromatic carbocycles. The molecule has 0 unspecified atom stereocenters. The summed E-state index contributed by atoms with van der Waals surface area (Å²) in [5, 5.41) is 5.86. The van der Waals surface area contributed by atoms with Gasteiger partial charge in [0.1, 0.15) is 5.82 Å². The Morgan fingerprint density at radius 2 is 2.16 bits per heavy atom. The lowest BCUT2D eigenvalue weighted by Crippen LogP contribution is -2.15. The molecule has 2 heterocycles. The van der Waals surface area contributed by atoms with Crippen LogP contribution in [0.25, 0.3) is 0 Å². The molecule has 0 spiro atoms. The first-order valence-corrected chi connectivity index (χ1v) is 6.61. The maximum absolute atomic E-state index is 12.2. The van der Waals surface area contributed by atoms with E-state index < -0.39 is 0 Å². The number of anilines is 2. The molecule has 0 fully saturated rings. The van der Waals surface area contributed by atoms with Gasteiger partial charge in [0.15, 0.2) is 0 Å². The highest BCUT2D eigenvalue weighted by molar-refractivity contribution is 9.10. The predicted octanol–water partition coefficient (Wildman–Crippen LogP) is 2.92. The van der Waals surface area contributed by atoms with Crippen LogP contribution in [0.2, 0.25) is 0 Å². The summed E-state index contributed by atoms with van der Waals surface area (Å²) in [7, 11) is 0. The number of hydrogen-bond acceptors (Lipinski definition) is 4. The lowest BCUT2D eigenvalue weighted by atomic mass is 10.2. The molecule has 0 bridgehead atoms. The molecule has 19 heavy (non-hydrogen) atoms. The Balaban J connectivity index is 2.18. The minimum Gasteiger partial charge on any atom is -0.385 e. The van der Waals surface area contributed by atoms with Gasteiger partial charge in [-0.2, -0.15) is 0 Å². The van der Waals surface area contributed by atoms with Gasteiger partial charge in [-0.25, -0.2) is 4.98 Å². The van der Waals surface area contributed by atoms with Gasteiger partial charge in [0.2, 0.25) is 0 Å². The molecule has 0 saturated carbocycles. The Hall–Kier alpha value is -1.95. The SMILES string of the molecule is CCNc1ccncc1C(=O)Nc1ccc(Br)cn1. The molecule has 2 aromatic rings. The van der Waals surface area contributed by atoms with Crippen LogP contribution >= 0.6 is 15.9 Å². The van der Waals surface area contributed by atoms with E-state index in [-0.39, 0.29) is 5.91 Å². The molecule has 2 N–H and O–H groups in total. The number of carbonyl (C=O) groups is 1. The Morgan fingerprint density at radius 3 is 2.84 bits per heavy atom. The number of carbonyl (C=O) groups excluding carboxylic acids is 1. The van der Waals surface area contributed by atoms with Crippen LogP contribution in [0.5, 0.6) is 0 Å². The fraction of sp³-hybridized carbons (Fsp3) is 0.154. The molecule has 6 heteroatoms. The van der Waals surface area contributed by atoms with Crippen molar-refractivity contribution in [3.05, 3.63) is 46.8 Å². The monoisotopic (exact) mass is 320 g/mol. The maximum atomic E-state index is 12.2. The third kappa shape index (κ3) is 3.51. The van der Waals surface area contributed by atoms with Crippen molar-refractivity contribution < 1.29 is 4.79 Å². The molecule has 0 aliphatic carbocycles. The van der Waals surface area contributed by atoms with E-state index in [9.17, 15) is 4.79 Å². The van der Waals surface area contributed by atoms with E-state index in [1.807, 2.05) is 13.0 Å². The van der Waals surface area contributed by atoms with Crippen molar-refractivity contribution >= 4 is 33.3 Å². The second-order valence-corrected chi connectivity index (χ2v) is 4.68. The van der Waals surface area contributed by atoms with Crippen LogP contribution in [0.1, 0.15) is 17.3 Å². The smallest absolute Gasteiger partial charge is 0.260 e. The van der Waals surface area contributed by atoms with Crippen LogP contribution in [0, 0.1) is 0 Å². The van der Waals surface area contributed by atoms with Crippen LogP contribution in [-0.2, 0) is 0 Å². The zero-order chi connectivity index (χ0) is 13.7. The largest absolute Gasteiger partial charge is 0.385 e. The summed E-state index contributed by atoms with van der Waals surface area (Å²) in [5.74, 6) is 0.262. The van der Waals surface area contributed by atoms with Gasteiger partial charge in [0, 0.05) is 29.6 Å². The number of rotatable bonds is 4. The molecule has 0 aliphatic rings. The van der Waals surface area contributed by atoms with Gasteiger partial charge in [0.05, 0.1) is 11.3 Å². The fourth-order valence-electron chi connectivity index (χ4n) is 1.55. The molecule has 2 aromatic heterocycles. The zero-order valence-electron chi connectivity index (χ0n) is 10.4. The number of pyridine rings is 2. The summed E-state index contributed by atoms with van der Waals surface area (Å²) >= 11 is 3.29. The number of hydrogen-bond donors (Lipinski definition) is 2. The Bertz CT molecular complexity index is 571. The van der Waals surface area contributed by atoms with Crippen molar-refractivity contribution in [2.75, 3.05) is 17.2 Å². The highest BCUT2D eigenvalue weighted by Gasteiger charge is 2.11. The Kier molecular flexibility index (Phi) is 4.46. The number of halogens is 1. The highest BCUT2D eigenvalue weighted by Crippen LogP contribution is 2.16. The third-order valence-corrected chi connectivity index (χ3v) is 2.87. The van der Waals surface area contributed by atoms with Crippen LogP contribution < -0.4 is 10.6 Å². The first-order valence-electron chi connectivity index (χ1n) is 5.81. The second kappa shape index (κ2) is 6.29. The van der Waals surface area contributed by atoms with Crippen LogP contribution in [-0.4, -0.2) is 22.4 Å². The normalized spacial score (nSPS) is 10.0. The van der Waals surface area contributed by atoms with Crippen LogP contribution in [0.4, 0.5) is 11.5 Å². The number of aromatic nitrogens is 2. The van der Waals surface area contributed by atoms with Gasteiger partial charge in [-0.05, 0) is 41.1 Å². The summed E-state index contributed by atoms with van der Waals surface area (Å²) < 4.78 is 0.861. The summed E-state index contributed by atoms with van der Waals surface area (Å²) in [6, 6.07) is 5.32. The third-order valence-electron chi connectivity index (χ3n) is 2.40. The van der Waals surface area contributed by atoms with E-state index in [1.54, 1.807) is 24.5 Å². The van der Waals surface area contributed by atoms with Gasteiger partial charge in [-0.15, -0.1) is 0 Å². The van der Waals surface area contributed by atoms with Crippen molar-refractivity contribution in [3.63, 3.8) is 0 Å². The Morgan fingerprint density at radius 1 is 1.32 bits per heavy atom. The maximum Gasteiger partial charge on any atom is 0.260 e. The van der Waals surface area contributed by atoms with Crippen molar-refractivity contribution in [3.8, 4) is 0 Å². The minimum atomic E-state index is -0.237. The minimum absolute atomic E-state index is 0.237. The van der Waals surface area contributed by atoms with Gasteiger partial charge in [-0.3, -0.25) is 9.78 Å². The summed E-state index contributed by atoms with van der Waals surface area (Å²) in [6.07, 6.45) is 4.81. The van der Waals surface area contributed by atoms with E-state index in [2.05, 4.69) is 36.5 Å². The quantitative estimate of drug-likeness (QED) is 0.909. The van der Waals surface area contributed by atoms with Gasteiger partial charge in [0.25, 0.3) is 5.91 Å². The first-order chi connectivity index (χ1) is 9.20. The molecule has 0 saturated heterocycles. The summed E-state index contributed by atoms with van der Waals surface area (Å²) in [6.45, 7) is 2.71. The fourth-order valence-corrected chi connectivity index (χ4v) is 1.79. The summed E-state index contributed by atoms with van der Waals surface area (Å²) in [5.41, 5.74) is 1.25. The van der Waals surface area contributed by atoms with E-state index in [1.165, 1.54) is 6.20 Å². The molecule has 0 atom stereocenters. The van der Waals surface area contributed by atoms with E-state index in [4.69, 9.17) is 0 Å². The highest BCUT2D eigenvalue weighted by atomic mass is 79.9. The summed E-state index contributed by atoms with van der Waals surface area (Å²) in [4.78, 5) is 20.2. The lowest BCUT2D eigenvalue weighted by Gasteiger charge is -2.09. The van der Waals surface area contributed by atoms with E-state index in [0.29, 0.717) is 11.4 Å². The number of nitrogens with one attached hydrogen (secondary N) is 2. The number of nitrogens with zero attached hydrogens (tertiary/aromatic N) is 2. The number of amides is 1. The zero-order valence-corrected chi connectivity index (χ0v) is 11.9. The first kappa shape index (κ1) is 13.5. The standard InChI is InChI=1S/C13H13BrN4O/c1-2-16-11-5-6-15-8-10(11)13(19)18-12-4-3-9(14)7-17-12/h3-8H,2H2,1H3,(H,15,16)(H,17,18,19). The van der Waals surface area contributed by atoms with Gasteiger partial charge < -0.3 is 10.6 Å². The molecular formula is C13H13BrN4O. The van der Waals surface area contributed by atoms with Gasteiger partial charge >= 0.3 is 0 Å². The molecule has 0 radical (unpaired) electrons. The molecule has 2 rings (SSSR count). The second-order valence-electron chi connectivity index (χ2n) is 3.77. The van der Waals surface area contributed by atoms with E-state index >= 15 is 0 Å². The molecule has 0 aliphatic heterocycles. The van der Waals surface area contributed by atoms with E-state index in [0.717, 1.165) is 16.7 Å². The lowest BCUT2D eigenvalue weighted by molar-refractivity contribution is 0.102.